The van der Waals surface area contributed by atoms with Crippen LogP contribution in [0.2, 0.25) is 0 Å². The minimum Gasteiger partial charge on any atom is -0.496 e. The van der Waals surface area contributed by atoms with Crippen molar-refractivity contribution >= 4 is 11.7 Å². The normalized spacial score (nSPS) is 15.2. The molecule has 5 nitrogen and oxygen atoms in total. The standard InChI is InChI=1S/C23H28N2O3/c1-16(15-25-12-4-5-13-25)24-23(27)19-8-6-18(7-9-19)20-10-11-22(28-3)21(14-20)17(2)26/h6-11,14,16H,4-5,12-13,15H2,1-3H3,(H,24,27)/t16-/m0/s1. The summed E-state index contributed by atoms with van der Waals surface area (Å²) in [4.78, 5) is 26.7. The number of hydrogen-bond acceptors (Lipinski definition) is 4. The molecule has 1 fully saturated rings. The third kappa shape index (κ3) is 4.78. The zero-order valence-electron chi connectivity index (χ0n) is 16.8. The number of methoxy groups -OCH3 is 1. The van der Waals surface area contributed by atoms with Crippen molar-refractivity contribution in [3.8, 4) is 16.9 Å². The maximum absolute atomic E-state index is 12.5. The molecule has 1 heterocycles. The van der Waals surface area contributed by atoms with Crippen LogP contribution in [-0.4, -0.2) is 49.4 Å². The van der Waals surface area contributed by atoms with Crippen molar-refractivity contribution in [3.05, 3.63) is 53.6 Å². The first-order chi connectivity index (χ1) is 13.5. The van der Waals surface area contributed by atoms with E-state index in [9.17, 15) is 9.59 Å². The lowest BCUT2D eigenvalue weighted by atomic mass is 9.99. The first-order valence-corrected chi connectivity index (χ1v) is 9.80. The Bertz CT molecular complexity index is 839. The highest BCUT2D eigenvalue weighted by Crippen LogP contribution is 2.27. The zero-order chi connectivity index (χ0) is 20.1. The molecule has 2 aromatic rings. The number of nitrogens with one attached hydrogen (secondary N) is 1. The van der Waals surface area contributed by atoms with Crippen LogP contribution in [-0.2, 0) is 0 Å². The number of amides is 1. The van der Waals surface area contributed by atoms with Crippen molar-refractivity contribution in [2.45, 2.75) is 32.7 Å². The molecule has 2 aromatic carbocycles. The van der Waals surface area contributed by atoms with E-state index in [0.29, 0.717) is 16.9 Å². The van der Waals surface area contributed by atoms with E-state index in [0.717, 1.165) is 30.8 Å². The maximum Gasteiger partial charge on any atom is 0.251 e. The SMILES string of the molecule is COc1ccc(-c2ccc(C(=O)N[C@@H](C)CN3CCCC3)cc2)cc1C(C)=O. The van der Waals surface area contributed by atoms with Crippen LogP contribution in [0.15, 0.2) is 42.5 Å². The Kier molecular flexibility index (Phi) is 6.47. The second-order valence-electron chi connectivity index (χ2n) is 7.43. The second kappa shape index (κ2) is 9.02. The first kappa shape index (κ1) is 20.1. The first-order valence-electron chi connectivity index (χ1n) is 9.80. The van der Waals surface area contributed by atoms with Gasteiger partial charge in [0.1, 0.15) is 5.75 Å². The van der Waals surface area contributed by atoms with E-state index in [1.165, 1.54) is 19.8 Å². The molecule has 1 atom stereocenters. The van der Waals surface area contributed by atoms with Gasteiger partial charge in [-0.15, -0.1) is 0 Å². The summed E-state index contributed by atoms with van der Waals surface area (Å²) in [5.74, 6) is 0.471. The molecule has 0 aliphatic carbocycles. The Balaban J connectivity index is 1.68. The molecule has 0 radical (unpaired) electrons. The van der Waals surface area contributed by atoms with Gasteiger partial charge in [0.25, 0.3) is 5.91 Å². The van der Waals surface area contributed by atoms with Gasteiger partial charge in [-0.3, -0.25) is 9.59 Å². The monoisotopic (exact) mass is 380 g/mol. The summed E-state index contributed by atoms with van der Waals surface area (Å²) in [5.41, 5.74) is 3.06. The van der Waals surface area contributed by atoms with Crippen molar-refractivity contribution in [2.75, 3.05) is 26.7 Å². The number of carbonyl (C=O) groups is 2. The van der Waals surface area contributed by atoms with Gasteiger partial charge in [0.2, 0.25) is 0 Å². The van der Waals surface area contributed by atoms with Crippen molar-refractivity contribution in [2.24, 2.45) is 0 Å². The predicted molar refractivity (Wildman–Crippen MR) is 111 cm³/mol. The van der Waals surface area contributed by atoms with Gasteiger partial charge in [0, 0.05) is 18.2 Å². The third-order valence-electron chi connectivity index (χ3n) is 5.17. The van der Waals surface area contributed by atoms with Gasteiger partial charge in [-0.1, -0.05) is 18.2 Å². The average Bonchev–Trinajstić information content (AvgIpc) is 3.20. The number of carbonyl (C=O) groups excluding carboxylic acids is 2. The fourth-order valence-electron chi connectivity index (χ4n) is 3.68. The largest absolute Gasteiger partial charge is 0.496 e. The number of rotatable bonds is 7. The fraction of sp³-hybridized carbons (Fsp3) is 0.391. The van der Waals surface area contributed by atoms with Crippen LogP contribution in [0, 0.1) is 0 Å². The molecular weight excluding hydrogens is 352 g/mol. The molecule has 1 saturated heterocycles. The van der Waals surface area contributed by atoms with E-state index < -0.39 is 0 Å². The lowest BCUT2D eigenvalue weighted by molar-refractivity contribution is 0.0931. The highest BCUT2D eigenvalue weighted by molar-refractivity contribution is 5.98. The summed E-state index contributed by atoms with van der Waals surface area (Å²) in [6.45, 7) is 6.71. The number of nitrogens with zero attached hydrogens (tertiary/aromatic N) is 1. The van der Waals surface area contributed by atoms with Crippen LogP contribution in [0.4, 0.5) is 0 Å². The van der Waals surface area contributed by atoms with Crippen molar-refractivity contribution < 1.29 is 14.3 Å². The summed E-state index contributed by atoms with van der Waals surface area (Å²) in [6.07, 6.45) is 2.50. The van der Waals surface area contributed by atoms with E-state index >= 15 is 0 Å². The molecule has 148 valence electrons. The smallest absolute Gasteiger partial charge is 0.251 e. The van der Waals surface area contributed by atoms with Gasteiger partial charge >= 0.3 is 0 Å². The molecule has 1 N–H and O–H groups in total. The molecule has 0 bridgehead atoms. The maximum atomic E-state index is 12.5. The number of ether oxygens (including phenoxy) is 1. The second-order valence-corrected chi connectivity index (χ2v) is 7.43. The average molecular weight is 380 g/mol. The number of Topliss-reactive ketones (excluding diaryl/α,β-unsaturated/α-hetero) is 1. The molecular formula is C23H28N2O3. The molecule has 0 saturated carbocycles. The minimum atomic E-state index is -0.0580. The van der Waals surface area contributed by atoms with Crippen molar-refractivity contribution in [3.63, 3.8) is 0 Å². The quantitative estimate of drug-likeness (QED) is 0.743. The number of hydrogen-bond donors (Lipinski definition) is 1. The van der Waals surface area contributed by atoms with E-state index in [1.54, 1.807) is 13.2 Å². The Hall–Kier alpha value is -2.66. The summed E-state index contributed by atoms with van der Waals surface area (Å²) in [7, 11) is 1.56. The zero-order valence-corrected chi connectivity index (χ0v) is 16.8. The molecule has 1 amide bonds. The molecule has 3 rings (SSSR count). The summed E-state index contributed by atoms with van der Waals surface area (Å²) < 4.78 is 5.26. The van der Waals surface area contributed by atoms with E-state index in [2.05, 4.69) is 10.2 Å². The minimum absolute atomic E-state index is 0.0401. The van der Waals surface area contributed by atoms with Gasteiger partial charge in [0.15, 0.2) is 5.78 Å². The van der Waals surface area contributed by atoms with Crippen LogP contribution in [0.25, 0.3) is 11.1 Å². The number of ketones is 1. The van der Waals surface area contributed by atoms with Crippen molar-refractivity contribution in [1.29, 1.82) is 0 Å². The molecule has 0 unspecified atom stereocenters. The lowest BCUT2D eigenvalue weighted by Crippen LogP contribution is -2.41. The van der Waals surface area contributed by atoms with Crippen molar-refractivity contribution in [1.82, 2.24) is 10.2 Å². The van der Waals surface area contributed by atoms with Crippen LogP contribution >= 0.6 is 0 Å². The number of likely N-dealkylation sites (tertiary alicyclic amines) is 1. The van der Waals surface area contributed by atoms with Crippen LogP contribution in [0.3, 0.4) is 0 Å². The van der Waals surface area contributed by atoms with E-state index in [1.807, 2.05) is 43.3 Å². The summed E-state index contributed by atoms with van der Waals surface area (Å²) in [6, 6.07) is 13.1. The predicted octanol–water partition coefficient (Wildman–Crippen LogP) is 3.78. The molecule has 0 aromatic heterocycles. The van der Waals surface area contributed by atoms with Crippen LogP contribution in [0.5, 0.6) is 5.75 Å². The highest BCUT2D eigenvalue weighted by atomic mass is 16.5. The van der Waals surface area contributed by atoms with E-state index in [4.69, 9.17) is 4.74 Å². The van der Waals surface area contributed by atoms with Gasteiger partial charge < -0.3 is 15.0 Å². The molecule has 0 spiro atoms. The fourth-order valence-corrected chi connectivity index (χ4v) is 3.68. The molecule has 1 aliphatic rings. The topological polar surface area (TPSA) is 58.6 Å². The van der Waals surface area contributed by atoms with Gasteiger partial charge in [-0.25, -0.2) is 0 Å². The molecule has 5 heteroatoms. The third-order valence-corrected chi connectivity index (χ3v) is 5.17. The van der Waals surface area contributed by atoms with Gasteiger partial charge in [-0.2, -0.15) is 0 Å². The number of benzene rings is 2. The van der Waals surface area contributed by atoms with Crippen LogP contribution < -0.4 is 10.1 Å². The van der Waals surface area contributed by atoms with Crippen LogP contribution in [0.1, 0.15) is 47.4 Å². The van der Waals surface area contributed by atoms with Gasteiger partial charge in [0.05, 0.1) is 12.7 Å². The molecule has 28 heavy (non-hydrogen) atoms. The molecule has 1 aliphatic heterocycles. The Morgan fingerprint density at radius 3 is 2.32 bits per heavy atom. The lowest BCUT2D eigenvalue weighted by Gasteiger charge is -2.21. The summed E-state index contributed by atoms with van der Waals surface area (Å²) in [5, 5.41) is 3.08. The Morgan fingerprint density at radius 1 is 1.07 bits per heavy atom. The highest BCUT2D eigenvalue weighted by Gasteiger charge is 2.17. The van der Waals surface area contributed by atoms with Gasteiger partial charge in [-0.05, 0) is 75.2 Å². The Morgan fingerprint density at radius 2 is 1.71 bits per heavy atom. The Labute approximate surface area is 166 Å². The van der Waals surface area contributed by atoms with E-state index in [-0.39, 0.29) is 17.7 Å². The summed E-state index contributed by atoms with van der Waals surface area (Å²) >= 11 is 0.